The predicted molar refractivity (Wildman–Crippen MR) is 108 cm³/mol. The van der Waals surface area contributed by atoms with Gasteiger partial charge in [0.25, 0.3) is 0 Å². The molecule has 0 saturated heterocycles. The van der Waals surface area contributed by atoms with Crippen LogP contribution in [0.2, 0.25) is 0 Å². The van der Waals surface area contributed by atoms with E-state index in [0.717, 1.165) is 47.3 Å². The first-order valence-corrected chi connectivity index (χ1v) is 8.96. The maximum Gasteiger partial charge on any atom is 0.231 e. The van der Waals surface area contributed by atoms with E-state index in [9.17, 15) is 4.79 Å². The second-order valence-electron chi connectivity index (χ2n) is 5.49. The summed E-state index contributed by atoms with van der Waals surface area (Å²) in [5.74, 6) is 1.49. The minimum atomic E-state index is -0.00386. The van der Waals surface area contributed by atoms with E-state index in [-0.39, 0.29) is 37.5 Å². The van der Waals surface area contributed by atoms with Crippen molar-refractivity contribution in [1.82, 2.24) is 15.6 Å². The standard InChI is InChI=1S/C17H21N3O3S.2ClH/c1-2-5-18-6-7-19-16(21)9-13-10-24-17(20-13)12-3-4-14-15(8-12)23-11-22-14;;/h3-4,8,10,18H,2,5-7,9,11H2,1H3,(H,19,21);2*1H. The molecule has 1 aliphatic rings. The summed E-state index contributed by atoms with van der Waals surface area (Å²) in [6.45, 7) is 4.78. The lowest BCUT2D eigenvalue weighted by atomic mass is 10.2. The van der Waals surface area contributed by atoms with Crippen LogP contribution < -0.4 is 20.1 Å². The Balaban J connectivity index is 0.00000169. The van der Waals surface area contributed by atoms with Crippen molar-refractivity contribution in [2.24, 2.45) is 0 Å². The molecule has 144 valence electrons. The van der Waals surface area contributed by atoms with Crippen LogP contribution in [0.25, 0.3) is 10.6 Å². The third-order valence-electron chi connectivity index (χ3n) is 3.56. The zero-order valence-corrected chi connectivity index (χ0v) is 16.9. The highest BCUT2D eigenvalue weighted by atomic mass is 35.5. The van der Waals surface area contributed by atoms with Crippen LogP contribution in [-0.4, -0.2) is 37.3 Å². The number of amides is 1. The number of carbonyl (C=O) groups is 1. The minimum Gasteiger partial charge on any atom is -0.454 e. The second kappa shape index (κ2) is 11.2. The lowest BCUT2D eigenvalue weighted by molar-refractivity contribution is -0.120. The van der Waals surface area contributed by atoms with Gasteiger partial charge in [-0.2, -0.15) is 0 Å². The molecular formula is C17H23Cl2N3O3S. The van der Waals surface area contributed by atoms with E-state index in [1.54, 1.807) is 0 Å². The molecule has 0 bridgehead atoms. The largest absolute Gasteiger partial charge is 0.454 e. The summed E-state index contributed by atoms with van der Waals surface area (Å²) in [4.78, 5) is 16.5. The molecule has 0 radical (unpaired) electrons. The molecule has 9 heteroatoms. The summed E-state index contributed by atoms with van der Waals surface area (Å²) in [5.41, 5.74) is 1.76. The topological polar surface area (TPSA) is 72.5 Å². The number of hydrogen-bond acceptors (Lipinski definition) is 6. The summed E-state index contributed by atoms with van der Waals surface area (Å²) in [6.07, 6.45) is 1.39. The molecule has 2 N–H and O–H groups in total. The smallest absolute Gasteiger partial charge is 0.231 e. The number of aromatic nitrogens is 1. The zero-order chi connectivity index (χ0) is 16.8. The molecule has 0 aliphatic carbocycles. The van der Waals surface area contributed by atoms with Gasteiger partial charge in [-0.1, -0.05) is 6.92 Å². The molecule has 0 unspecified atom stereocenters. The summed E-state index contributed by atoms with van der Waals surface area (Å²) >= 11 is 1.53. The first-order valence-electron chi connectivity index (χ1n) is 8.08. The first kappa shape index (κ1) is 22.5. The van der Waals surface area contributed by atoms with Gasteiger partial charge in [-0.3, -0.25) is 4.79 Å². The van der Waals surface area contributed by atoms with E-state index in [2.05, 4.69) is 22.5 Å². The Morgan fingerprint density at radius 1 is 1.19 bits per heavy atom. The van der Waals surface area contributed by atoms with Gasteiger partial charge in [0.05, 0.1) is 12.1 Å². The molecule has 6 nitrogen and oxygen atoms in total. The molecule has 26 heavy (non-hydrogen) atoms. The van der Waals surface area contributed by atoms with Crippen molar-refractivity contribution in [2.45, 2.75) is 19.8 Å². The molecule has 3 rings (SSSR count). The fourth-order valence-electron chi connectivity index (χ4n) is 2.37. The lowest BCUT2D eigenvalue weighted by Gasteiger charge is -2.05. The second-order valence-corrected chi connectivity index (χ2v) is 6.35. The van der Waals surface area contributed by atoms with Crippen LogP contribution in [0.1, 0.15) is 19.0 Å². The van der Waals surface area contributed by atoms with Crippen LogP contribution in [0.4, 0.5) is 0 Å². The van der Waals surface area contributed by atoms with Gasteiger partial charge in [0, 0.05) is 24.0 Å². The molecule has 0 atom stereocenters. The number of nitrogens with zero attached hydrogens (tertiary/aromatic N) is 1. The van der Waals surface area contributed by atoms with Gasteiger partial charge in [-0.15, -0.1) is 36.2 Å². The Labute approximate surface area is 169 Å². The lowest BCUT2D eigenvalue weighted by Crippen LogP contribution is -2.33. The van der Waals surface area contributed by atoms with Crippen LogP contribution in [0.3, 0.4) is 0 Å². The number of rotatable bonds is 8. The average Bonchev–Trinajstić information content (AvgIpc) is 3.22. The highest BCUT2D eigenvalue weighted by molar-refractivity contribution is 7.13. The summed E-state index contributed by atoms with van der Waals surface area (Å²) < 4.78 is 10.7. The first-order chi connectivity index (χ1) is 11.8. The zero-order valence-electron chi connectivity index (χ0n) is 14.4. The highest BCUT2D eigenvalue weighted by Crippen LogP contribution is 2.36. The van der Waals surface area contributed by atoms with Crippen LogP contribution in [0.15, 0.2) is 23.6 Å². The Kier molecular flexibility index (Phi) is 9.72. The van der Waals surface area contributed by atoms with Crippen molar-refractivity contribution in [1.29, 1.82) is 0 Å². The fraction of sp³-hybridized carbons (Fsp3) is 0.412. The number of fused-ring (bicyclic) bond motifs is 1. The van der Waals surface area contributed by atoms with Crippen molar-refractivity contribution < 1.29 is 14.3 Å². The van der Waals surface area contributed by atoms with Crippen molar-refractivity contribution in [2.75, 3.05) is 26.4 Å². The monoisotopic (exact) mass is 419 g/mol. The summed E-state index contributed by atoms with van der Waals surface area (Å²) in [6, 6.07) is 5.76. The molecular weight excluding hydrogens is 397 g/mol. The maximum atomic E-state index is 11.9. The van der Waals surface area contributed by atoms with Gasteiger partial charge in [0.15, 0.2) is 11.5 Å². The van der Waals surface area contributed by atoms with E-state index in [1.807, 2.05) is 23.6 Å². The third-order valence-corrected chi connectivity index (χ3v) is 4.50. The average molecular weight is 420 g/mol. The number of halogens is 2. The van der Waals surface area contributed by atoms with Crippen molar-refractivity contribution in [3.63, 3.8) is 0 Å². The molecule has 2 heterocycles. The van der Waals surface area contributed by atoms with Gasteiger partial charge in [0.2, 0.25) is 12.7 Å². The number of ether oxygens (including phenoxy) is 2. The number of thiazole rings is 1. The molecule has 1 amide bonds. The predicted octanol–water partition coefficient (Wildman–Crippen LogP) is 3.04. The van der Waals surface area contributed by atoms with E-state index < -0.39 is 0 Å². The van der Waals surface area contributed by atoms with E-state index in [1.165, 1.54) is 11.3 Å². The van der Waals surface area contributed by atoms with Crippen LogP contribution in [0, 0.1) is 0 Å². The number of benzene rings is 1. The van der Waals surface area contributed by atoms with Gasteiger partial charge in [-0.25, -0.2) is 4.98 Å². The molecule has 0 fully saturated rings. The van der Waals surface area contributed by atoms with Crippen molar-refractivity contribution in [3.05, 3.63) is 29.3 Å². The van der Waals surface area contributed by atoms with Crippen LogP contribution in [-0.2, 0) is 11.2 Å². The van der Waals surface area contributed by atoms with E-state index >= 15 is 0 Å². The maximum absolute atomic E-state index is 11.9. The van der Waals surface area contributed by atoms with Crippen molar-refractivity contribution >= 4 is 42.1 Å². The quantitative estimate of drug-likeness (QED) is 0.643. The summed E-state index contributed by atoms with van der Waals surface area (Å²) in [7, 11) is 0. The molecule has 1 aromatic carbocycles. The Morgan fingerprint density at radius 3 is 2.81 bits per heavy atom. The normalized spacial score (nSPS) is 11.4. The highest BCUT2D eigenvalue weighted by Gasteiger charge is 2.15. The minimum absolute atomic E-state index is 0. The van der Waals surface area contributed by atoms with Gasteiger partial charge < -0.3 is 20.1 Å². The van der Waals surface area contributed by atoms with Crippen molar-refractivity contribution in [3.8, 4) is 22.1 Å². The van der Waals surface area contributed by atoms with E-state index in [0.29, 0.717) is 13.0 Å². The van der Waals surface area contributed by atoms with Gasteiger partial charge in [-0.05, 0) is 31.2 Å². The molecule has 0 spiro atoms. The van der Waals surface area contributed by atoms with Crippen LogP contribution in [0.5, 0.6) is 11.5 Å². The third kappa shape index (κ3) is 6.02. The Hall–Kier alpha value is -1.54. The summed E-state index contributed by atoms with van der Waals surface area (Å²) in [5, 5.41) is 8.95. The van der Waals surface area contributed by atoms with Gasteiger partial charge >= 0.3 is 0 Å². The Morgan fingerprint density at radius 2 is 2.00 bits per heavy atom. The fourth-order valence-corrected chi connectivity index (χ4v) is 3.19. The number of carbonyl (C=O) groups excluding carboxylic acids is 1. The Bertz CT molecular complexity index is 712. The SMILES string of the molecule is CCCNCCNC(=O)Cc1csc(-c2ccc3c(c2)OCO3)n1.Cl.Cl. The number of nitrogens with one attached hydrogen (secondary N) is 2. The van der Waals surface area contributed by atoms with Crippen LogP contribution >= 0.6 is 36.2 Å². The molecule has 0 saturated carbocycles. The molecule has 2 aromatic rings. The van der Waals surface area contributed by atoms with Gasteiger partial charge in [0.1, 0.15) is 5.01 Å². The number of hydrogen-bond donors (Lipinski definition) is 2. The van der Waals surface area contributed by atoms with E-state index in [4.69, 9.17) is 9.47 Å². The molecule has 1 aliphatic heterocycles. The molecule has 1 aromatic heterocycles.